The van der Waals surface area contributed by atoms with Gasteiger partial charge in [0.25, 0.3) is 0 Å². The van der Waals surface area contributed by atoms with Crippen LogP contribution in [0, 0.1) is 11.8 Å². The van der Waals surface area contributed by atoms with Crippen LogP contribution in [0.3, 0.4) is 0 Å². The molecule has 0 aromatic heterocycles. The van der Waals surface area contributed by atoms with Crippen molar-refractivity contribution in [2.75, 3.05) is 13.2 Å². The summed E-state index contributed by atoms with van der Waals surface area (Å²) in [6, 6.07) is 0. The van der Waals surface area contributed by atoms with E-state index in [1.807, 2.05) is 0 Å². The van der Waals surface area contributed by atoms with Crippen LogP contribution >= 0.6 is 0 Å². The molecule has 0 aliphatic heterocycles. The van der Waals surface area contributed by atoms with Crippen LogP contribution in [0.15, 0.2) is 0 Å². The topological polar surface area (TPSA) is 78.9 Å². The fraction of sp³-hybridized carbons (Fsp3) is 0.948. The summed E-state index contributed by atoms with van der Waals surface area (Å²) >= 11 is 0. The molecule has 0 unspecified atom stereocenters. The molecular formula is C58H112O6. The Morgan fingerprint density at radius 1 is 0.297 bits per heavy atom. The number of esters is 3. The van der Waals surface area contributed by atoms with Crippen molar-refractivity contribution in [3.63, 3.8) is 0 Å². The van der Waals surface area contributed by atoms with Gasteiger partial charge in [0.2, 0.25) is 0 Å². The summed E-state index contributed by atoms with van der Waals surface area (Å²) < 4.78 is 16.8. The fourth-order valence-electron chi connectivity index (χ4n) is 8.87. The number of carbonyl (C=O) groups excluding carboxylic acids is 3. The summed E-state index contributed by atoms with van der Waals surface area (Å²) in [5.41, 5.74) is 0. The van der Waals surface area contributed by atoms with Crippen LogP contribution in [0.2, 0.25) is 0 Å². The number of carbonyl (C=O) groups is 3. The van der Waals surface area contributed by atoms with Crippen molar-refractivity contribution in [2.24, 2.45) is 11.8 Å². The van der Waals surface area contributed by atoms with E-state index in [-0.39, 0.29) is 31.1 Å². The zero-order valence-electron chi connectivity index (χ0n) is 43.9. The maximum Gasteiger partial charge on any atom is 0.306 e. The van der Waals surface area contributed by atoms with E-state index in [9.17, 15) is 14.4 Å². The summed E-state index contributed by atoms with van der Waals surface area (Å²) in [6.45, 7) is 11.4. The molecule has 0 amide bonds. The van der Waals surface area contributed by atoms with Crippen LogP contribution in [-0.4, -0.2) is 37.2 Å². The number of hydrogen-bond donors (Lipinski definition) is 0. The second-order valence-corrected chi connectivity index (χ2v) is 20.9. The molecule has 0 saturated carbocycles. The van der Waals surface area contributed by atoms with Gasteiger partial charge in [-0.3, -0.25) is 14.4 Å². The second kappa shape index (κ2) is 50.8. The Kier molecular flexibility index (Phi) is 49.6. The van der Waals surface area contributed by atoms with Gasteiger partial charge in [-0.25, -0.2) is 0 Å². The van der Waals surface area contributed by atoms with E-state index in [0.29, 0.717) is 19.3 Å². The molecule has 1 atom stereocenters. The van der Waals surface area contributed by atoms with Crippen molar-refractivity contribution < 1.29 is 28.6 Å². The first-order valence-corrected chi connectivity index (χ1v) is 28.7. The Bertz CT molecular complexity index is 978. The van der Waals surface area contributed by atoms with Crippen LogP contribution in [0.1, 0.15) is 324 Å². The maximum absolute atomic E-state index is 12.8. The molecule has 0 aliphatic carbocycles. The molecule has 380 valence electrons. The van der Waals surface area contributed by atoms with Gasteiger partial charge in [0, 0.05) is 19.3 Å². The van der Waals surface area contributed by atoms with E-state index in [1.165, 1.54) is 212 Å². The predicted octanol–water partition coefficient (Wildman–Crippen LogP) is 18.9. The van der Waals surface area contributed by atoms with E-state index in [4.69, 9.17) is 14.2 Å². The van der Waals surface area contributed by atoms with Crippen LogP contribution in [0.4, 0.5) is 0 Å². The van der Waals surface area contributed by atoms with Crippen molar-refractivity contribution in [2.45, 2.75) is 330 Å². The average Bonchev–Trinajstić information content (AvgIpc) is 3.27. The predicted molar refractivity (Wildman–Crippen MR) is 275 cm³/mol. The highest BCUT2D eigenvalue weighted by Crippen LogP contribution is 2.18. The van der Waals surface area contributed by atoms with E-state index in [2.05, 4.69) is 34.6 Å². The second-order valence-electron chi connectivity index (χ2n) is 20.9. The van der Waals surface area contributed by atoms with Gasteiger partial charge in [-0.05, 0) is 31.1 Å². The zero-order chi connectivity index (χ0) is 46.8. The Morgan fingerprint density at radius 3 is 0.766 bits per heavy atom. The molecule has 0 N–H and O–H groups in total. The van der Waals surface area contributed by atoms with Gasteiger partial charge < -0.3 is 14.2 Å². The standard InChI is InChI=1S/C58H112O6/c1-6-7-8-9-10-26-35-40-45-50-58(61)64-55(52-63-57(60)49-44-39-34-30-25-21-17-13-15-19-23-28-32-37-42-47-54(4)5)51-62-56(59)48-43-38-33-29-24-20-16-12-11-14-18-22-27-31-36-41-46-53(2)3/h53-55H,6-52H2,1-5H3/t55-/m1/s1. The minimum Gasteiger partial charge on any atom is -0.462 e. The number of ether oxygens (including phenoxy) is 3. The highest BCUT2D eigenvalue weighted by atomic mass is 16.6. The SMILES string of the molecule is CCCCCCCCCCCC(=O)O[C@H](COC(=O)CCCCCCCCCCCCCCCCCCC(C)C)COC(=O)CCCCCCCCCCCCCCCCCC(C)C. The lowest BCUT2D eigenvalue weighted by Crippen LogP contribution is -2.30. The Hall–Kier alpha value is -1.59. The van der Waals surface area contributed by atoms with Gasteiger partial charge in [0.1, 0.15) is 13.2 Å². The van der Waals surface area contributed by atoms with Crippen molar-refractivity contribution in [3.8, 4) is 0 Å². The summed E-state index contributed by atoms with van der Waals surface area (Å²) in [4.78, 5) is 38.0. The Balaban J connectivity index is 4.17. The first kappa shape index (κ1) is 62.4. The average molecular weight is 906 g/mol. The number of unbranched alkanes of at least 4 members (excludes halogenated alkanes) is 37. The van der Waals surface area contributed by atoms with Crippen LogP contribution in [-0.2, 0) is 28.6 Å². The molecule has 0 saturated heterocycles. The summed E-state index contributed by atoms with van der Waals surface area (Å²) in [7, 11) is 0. The lowest BCUT2D eigenvalue weighted by Gasteiger charge is -2.18. The first-order chi connectivity index (χ1) is 31.2. The normalized spacial score (nSPS) is 12.0. The third-order valence-electron chi connectivity index (χ3n) is 13.2. The fourth-order valence-corrected chi connectivity index (χ4v) is 8.87. The van der Waals surface area contributed by atoms with Crippen LogP contribution in [0.5, 0.6) is 0 Å². The molecule has 0 bridgehead atoms. The van der Waals surface area contributed by atoms with Crippen molar-refractivity contribution in [1.29, 1.82) is 0 Å². The lowest BCUT2D eigenvalue weighted by atomic mass is 10.0. The molecular weight excluding hydrogens is 793 g/mol. The molecule has 0 spiro atoms. The molecule has 0 aromatic rings. The molecule has 0 radical (unpaired) electrons. The van der Waals surface area contributed by atoms with Gasteiger partial charge in [0.05, 0.1) is 0 Å². The summed E-state index contributed by atoms with van der Waals surface area (Å²) in [5, 5.41) is 0. The highest BCUT2D eigenvalue weighted by Gasteiger charge is 2.19. The molecule has 64 heavy (non-hydrogen) atoms. The smallest absolute Gasteiger partial charge is 0.306 e. The molecule has 0 heterocycles. The van der Waals surface area contributed by atoms with E-state index >= 15 is 0 Å². The number of rotatable bonds is 52. The van der Waals surface area contributed by atoms with Gasteiger partial charge in [-0.2, -0.15) is 0 Å². The molecule has 0 aromatic carbocycles. The van der Waals surface area contributed by atoms with Crippen molar-refractivity contribution in [3.05, 3.63) is 0 Å². The minimum absolute atomic E-state index is 0.0629. The van der Waals surface area contributed by atoms with E-state index < -0.39 is 6.10 Å². The molecule has 6 heteroatoms. The van der Waals surface area contributed by atoms with Gasteiger partial charge in [-0.15, -0.1) is 0 Å². The molecule has 0 rings (SSSR count). The van der Waals surface area contributed by atoms with Crippen molar-refractivity contribution in [1.82, 2.24) is 0 Å². The van der Waals surface area contributed by atoms with E-state index in [0.717, 1.165) is 69.6 Å². The molecule has 0 aliphatic rings. The first-order valence-electron chi connectivity index (χ1n) is 28.7. The highest BCUT2D eigenvalue weighted by molar-refractivity contribution is 5.71. The van der Waals surface area contributed by atoms with Crippen molar-refractivity contribution >= 4 is 17.9 Å². The monoisotopic (exact) mass is 905 g/mol. The largest absolute Gasteiger partial charge is 0.462 e. The Labute approximate surface area is 399 Å². The van der Waals surface area contributed by atoms with Gasteiger partial charge >= 0.3 is 17.9 Å². The quantitative estimate of drug-likeness (QED) is 0.0344. The third-order valence-corrected chi connectivity index (χ3v) is 13.2. The zero-order valence-corrected chi connectivity index (χ0v) is 43.9. The third kappa shape index (κ3) is 51.4. The van der Waals surface area contributed by atoms with E-state index in [1.54, 1.807) is 0 Å². The lowest BCUT2D eigenvalue weighted by molar-refractivity contribution is -0.167. The van der Waals surface area contributed by atoms with Gasteiger partial charge in [-0.1, -0.05) is 285 Å². The van der Waals surface area contributed by atoms with Crippen LogP contribution in [0.25, 0.3) is 0 Å². The molecule has 0 fully saturated rings. The minimum atomic E-state index is -0.761. The van der Waals surface area contributed by atoms with Crippen LogP contribution < -0.4 is 0 Å². The number of hydrogen-bond acceptors (Lipinski definition) is 6. The summed E-state index contributed by atoms with van der Waals surface area (Å²) in [6.07, 6.45) is 53.9. The summed E-state index contributed by atoms with van der Waals surface area (Å²) in [5.74, 6) is 0.860. The Morgan fingerprint density at radius 2 is 0.516 bits per heavy atom. The molecule has 6 nitrogen and oxygen atoms in total. The van der Waals surface area contributed by atoms with Gasteiger partial charge in [0.15, 0.2) is 6.10 Å². The maximum atomic E-state index is 12.8.